The molecule has 0 saturated carbocycles. The topological polar surface area (TPSA) is 18.5 Å². The van der Waals surface area contributed by atoms with Crippen molar-refractivity contribution in [2.75, 3.05) is 13.2 Å². The van der Waals surface area contributed by atoms with Crippen molar-refractivity contribution in [3.63, 3.8) is 0 Å². The van der Waals surface area contributed by atoms with E-state index in [0.717, 1.165) is 13.2 Å². The highest BCUT2D eigenvalue weighted by Gasteiger charge is 2.27. The maximum absolute atomic E-state index is 5.81. The zero-order valence-electron chi connectivity index (χ0n) is 12.2. The van der Waals surface area contributed by atoms with Crippen LogP contribution in [0.15, 0.2) is 24.3 Å². The van der Waals surface area contributed by atoms with E-state index in [4.69, 9.17) is 8.85 Å². The van der Waals surface area contributed by atoms with E-state index in [1.165, 1.54) is 11.1 Å². The second-order valence-electron chi connectivity index (χ2n) is 4.69. The van der Waals surface area contributed by atoms with Gasteiger partial charge in [0.25, 0.3) is 0 Å². The molecule has 1 aromatic carbocycles. The van der Waals surface area contributed by atoms with Crippen LogP contribution in [0.5, 0.6) is 0 Å². The third kappa shape index (κ3) is 3.94. The SMILES string of the molecule is CCO[Si](OCC)C(C)c1ccccc1C(C)C. The van der Waals surface area contributed by atoms with Crippen molar-refractivity contribution in [3.05, 3.63) is 35.4 Å². The molecule has 1 radical (unpaired) electrons. The van der Waals surface area contributed by atoms with Gasteiger partial charge in [0.1, 0.15) is 0 Å². The first-order valence-corrected chi connectivity index (χ1v) is 8.22. The van der Waals surface area contributed by atoms with Crippen LogP contribution in [0, 0.1) is 0 Å². The Bertz CT molecular complexity index is 346. The molecule has 0 aliphatic rings. The number of hydrogen-bond donors (Lipinski definition) is 0. The Labute approximate surface area is 113 Å². The Morgan fingerprint density at radius 2 is 1.44 bits per heavy atom. The van der Waals surface area contributed by atoms with Gasteiger partial charge in [0.2, 0.25) is 0 Å². The van der Waals surface area contributed by atoms with Crippen molar-refractivity contribution in [2.24, 2.45) is 0 Å². The average Bonchev–Trinajstić information content (AvgIpc) is 2.37. The van der Waals surface area contributed by atoms with E-state index >= 15 is 0 Å². The second-order valence-corrected chi connectivity index (χ2v) is 6.77. The number of benzene rings is 1. The minimum absolute atomic E-state index is 0.355. The van der Waals surface area contributed by atoms with Gasteiger partial charge in [-0.15, -0.1) is 0 Å². The molecule has 0 amide bonds. The van der Waals surface area contributed by atoms with Gasteiger partial charge in [-0.1, -0.05) is 45.0 Å². The van der Waals surface area contributed by atoms with Crippen LogP contribution in [-0.4, -0.2) is 22.5 Å². The first kappa shape index (κ1) is 15.4. The molecule has 2 nitrogen and oxygen atoms in total. The Hall–Kier alpha value is -0.643. The lowest BCUT2D eigenvalue weighted by molar-refractivity contribution is 0.206. The summed E-state index contributed by atoms with van der Waals surface area (Å²) in [5, 5.41) is 0. The second kappa shape index (κ2) is 7.72. The lowest BCUT2D eigenvalue weighted by Crippen LogP contribution is -2.30. The lowest BCUT2D eigenvalue weighted by Gasteiger charge is -2.23. The average molecular weight is 265 g/mol. The summed E-state index contributed by atoms with van der Waals surface area (Å²) in [6.07, 6.45) is 0. The Balaban J connectivity index is 2.96. The van der Waals surface area contributed by atoms with Gasteiger partial charge in [-0.2, -0.15) is 0 Å². The summed E-state index contributed by atoms with van der Waals surface area (Å²) in [7, 11) is -1.23. The number of hydrogen-bond acceptors (Lipinski definition) is 2. The maximum Gasteiger partial charge on any atom is 0.392 e. The summed E-state index contributed by atoms with van der Waals surface area (Å²) in [5.41, 5.74) is 3.14. The monoisotopic (exact) mass is 265 g/mol. The maximum atomic E-state index is 5.81. The van der Waals surface area contributed by atoms with Gasteiger partial charge in [0, 0.05) is 18.8 Å². The van der Waals surface area contributed by atoms with Crippen molar-refractivity contribution in [1.29, 1.82) is 0 Å². The molecule has 0 saturated heterocycles. The summed E-state index contributed by atoms with van der Waals surface area (Å²) in [6.45, 7) is 12.2. The summed E-state index contributed by atoms with van der Waals surface area (Å²) in [6, 6.07) is 8.64. The largest absolute Gasteiger partial charge is 0.393 e. The van der Waals surface area contributed by atoms with Crippen molar-refractivity contribution in [3.8, 4) is 0 Å². The van der Waals surface area contributed by atoms with E-state index in [0.29, 0.717) is 11.5 Å². The molecule has 0 spiro atoms. The first-order chi connectivity index (χ1) is 8.61. The van der Waals surface area contributed by atoms with E-state index in [9.17, 15) is 0 Å². The standard InChI is InChI=1S/C15H25O2Si/c1-6-16-18(17-7-2)13(5)15-11-9-8-10-14(15)12(3)4/h8-13H,6-7H2,1-5H3. The van der Waals surface area contributed by atoms with E-state index in [1.54, 1.807) is 0 Å². The fraction of sp³-hybridized carbons (Fsp3) is 0.600. The first-order valence-electron chi connectivity index (χ1n) is 6.83. The molecule has 0 N–H and O–H groups in total. The highest BCUT2D eigenvalue weighted by molar-refractivity contribution is 6.46. The molecule has 0 fully saturated rings. The minimum atomic E-state index is -1.23. The normalized spacial score (nSPS) is 13.3. The highest BCUT2D eigenvalue weighted by Crippen LogP contribution is 2.28. The fourth-order valence-electron chi connectivity index (χ4n) is 2.13. The van der Waals surface area contributed by atoms with Gasteiger partial charge in [0.05, 0.1) is 0 Å². The van der Waals surface area contributed by atoms with E-state index in [2.05, 4.69) is 45.0 Å². The molecule has 3 heteroatoms. The van der Waals surface area contributed by atoms with Crippen molar-refractivity contribution < 1.29 is 8.85 Å². The predicted octanol–water partition coefficient (Wildman–Crippen LogP) is 4.01. The molecule has 0 aliphatic heterocycles. The van der Waals surface area contributed by atoms with Gasteiger partial charge >= 0.3 is 9.28 Å². The van der Waals surface area contributed by atoms with E-state index in [1.807, 2.05) is 13.8 Å². The van der Waals surface area contributed by atoms with Crippen LogP contribution in [0.25, 0.3) is 0 Å². The fourth-order valence-corrected chi connectivity index (χ4v) is 3.80. The molecule has 1 rings (SSSR count). The quantitative estimate of drug-likeness (QED) is 0.693. The van der Waals surface area contributed by atoms with Crippen LogP contribution < -0.4 is 0 Å². The van der Waals surface area contributed by atoms with Gasteiger partial charge in [-0.05, 0) is 30.9 Å². The molecule has 0 aliphatic carbocycles. The van der Waals surface area contributed by atoms with E-state index < -0.39 is 9.28 Å². The van der Waals surface area contributed by atoms with E-state index in [-0.39, 0.29) is 0 Å². The zero-order chi connectivity index (χ0) is 13.5. The minimum Gasteiger partial charge on any atom is -0.393 e. The molecule has 0 bridgehead atoms. The Morgan fingerprint density at radius 1 is 0.944 bits per heavy atom. The molecule has 101 valence electrons. The smallest absolute Gasteiger partial charge is 0.392 e. The summed E-state index contributed by atoms with van der Waals surface area (Å²) >= 11 is 0. The molecule has 0 aromatic heterocycles. The van der Waals surface area contributed by atoms with Gasteiger partial charge < -0.3 is 8.85 Å². The molecular formula is C15H25O2Si. The van der Waals surface area contributed by atoms with Gasteiger partial charge in [-0.3, -0.25) is 0 Å². The highest BCUT2D eigenvalue weighted by atomic mass is 28.3. The lowest BCUT2D eigenvalue weighted by atomic mass is 9.96. The number of rotatable bonds is 7. The molecule has 1 atom stereocenters. The molecular weight excluding hydrogens is 240 g/mol. The zero-order valence-corrected chi connectivity index (χ0v) is 13.2. The van der Waals surface area contributed by atoms with Crippen LogP contribution in [0.4, 0.5) is 0 Å². The summed E-state index contributed by atoms with van der Waals surface area (Å²) in [4.78, 5) is 0. The molecule has 18 heavy (non-hydrogen) atoms. The van der Waals surface area contributed by atoms with Crippen molar-refractivity contribution >= 4 is 9.28 Å². The van der Waals surface area contributed by atoms with Crippen LogP contribution >= 0.6 is 0 Å². The van der Waals surface area contributed by atoms with Gasteiger partial charge in [0.15, 0.2) is 0 Å². The van der Waals surface area contributed by atoms with Crippen LogP contribution in [-0.2, 0) is 8.85 Å². The van der Waals surface area contributed by atoms with Crippen molar-refractivity contribution in [1.82, 2.24) is 0 Å². The predicted molar refractivity (Wildman–Crippen MR) is 78.0 cm³/mol. The van der Waals surface area contributed by atoms with Crippen LogP contribution in [0.3, 0.4) is 0 Å². The van der Waals surface area contributed by atoms with Crippen LogP contribution in [0.1, 0.15) is 57.2 Å². The van der Waals surface area contributed by atoms with Crippen molar-refractivity contribution in [2.45, 2.75) is 46.1 Å². The Morgan fingerprint density at radius 3 is 1.89 bits per heavy atom. The summed E-state index contributed by atoms with van der Waals surface area (Å²) in [5.74, 6) is 0.537. The third-order valence-electron chi connectivity index (χ3n) is 3.01. The van der Waals surface area contributed by atoms with Gasteiger partial charge in [-0.25, -0.2) is 0 Å². The van der Waals surface area contributed by atoms with Crippen LogP contribution in [0.2, 0.25) is 0 Å². The molecule has 0 heterocycles. The molecule has 1 aromatic rings. The summed E-state index contributed by atoms with van der Waals surface area (Å²) < 4.78 is 11.6. The third-order valence-corrected chi connectivity index (χ3v) is 5.18. The Kier molecular flexibility index (Phi) is 6.61. The molecule has 1 unspecified atom stereocenters.